The minimum atomic E-state index is -0.287. The topological polar surface area (TPSA) is 72.5 Å². The molecule has 1 aromatic heterocycles. The molecule has 4 rings (SSSR count). The molecule has 142 valence electrons. The molecule has 0 saturated carbocycles. The molecule has 2 N–H and O–H groups in total. The average molecular weight is 371 g/mol. The zero-order valence-corrected chi connectivity index (χ0v) is 15.1. The number of aromatic nitrogens is 1. The van der Waals surface area contributed by atoms with Crippen molar-refractivity contribution in [2.24, 2.45) is 0 Å². The van der Waals surface area contributed by atoms with Crippen LogP contribution in [0.15, 0.2) is 30.3 Å². The van der Waals surface area contributed by atoms with E-state index in [-0.39, 0.29) is 23.8 Å². The Morgan fingerprint density at radius 1 is 1.33 bits per heavy atom. The number of carbonyl (C=O) groups excluding carboxylic acids is 1. The molecular weight excluding hydrogens is 349 g/mol. The lowest BCUT2D eigenvalue weighted by Gasteiger charge is -2.25. The molecule has 27 heavy (non-hydrogen) atoms. The van der Waals surface area contributed by atoms with Gasteiger partial charge in [0.25, 0.3) is 5.91 Å². The van der Waals surface area contributed by atoms with E-state index in [4.69, 9.17) is 9.47 Å². The van der Waals surface area contributed by atoms with Crippen LogP contribution in [0.4, 0.5) is 10.1 Å². The van der Waals surface area contributed by atoms with Crippen LogP contribution in [0, 0.1) is 5.82 Å². The molecule has 2 atom stereocenters. The van der Waals surface area contributed by atoms with Crippen LogP contribution in [0.2, 0.25) is 0 Å². The van der Waals surface area contributed by atoms with E-state index in [2.05, 4.69) is 15.6 Å². The highest BCUT2D eigenvalue weighted by atomic mass is 19.1. The molecule has 7 heteroatoms. The van der Waals surface area contributed by atoms with Crippen LogP contribution in [0.25, 0.3) is 0 Å². The Morgan fingerprint density at radius 2 is 2.15 bits per heavy atom. The first-order valence-electron chi connectivity index (χ1n) is 9.15. The van der Waals surface area contributed by atoms with Crippen LogP contribution in [0.5, 0.6) is 5.88 Å². The summed E-state index contributed by atoms with van der Waals surface area (Å²) in [6.45, 7) is 3.67. The first kappa shape index (κ1) is 17.7. The van der Waals surface area contributed by atoms with Gasteiger partial charge in [-0.25, -0.2) is 9.37 Å². The number of nitrogens with one attached hydrogen (secondary N) is 2. The number of benzene rings is 1. The smallest absolute Gasteiger partial charge is 0.270 e. The highest BCUT2D eigenvalue weighted by Gasteiger charge is 2.25. The van der Waals surface area contributed by atoms with Crippen molar-refractivity contribution < 1.29 is 18.7 Å². The summed E-state index contributed by atoms with van der Waals surface area (Å²) in [7, 11) is 0. The molecule has 1 amide bonds. The molecule has 1 fully saturated rings. The second kappa shape index (κ2) is 7.52. The summed E-state index contributed by atoms with van der Waals surface area (Å²) < 4.78 is 24.2. The van der Waals surface area contributed by atoms with E-state index >= 15 is 0 Å². The van der Waals surface area contributed by atoms with Crippen molar-refractivity contribution in [1.82, 2.24) is 10.3 Å². The van der Waals surface area contributed by atoms with Gasteiger partial charge in [-0.3, -0.25) is 4.79 Å². The number of hydrogen-bond donors (Lipinski definition) is 2. The fraction of sp³-hybridized carbons (Fsp3) is 0.400. The normalized spacial score (nSPS) is 21.1. The molecular formula is C20H22FN3O3. The summed E-state index contributed by atoms with van der Waals surface area (Å²) in [6, 6.07) is 8.32. The van der Waals surface area contributed by atoms with E-state index in [9.17, 15) is 9.18 Å². The number of carbonyl (C=O) groups is 1. The van der Waals surface area contributed by atoms with Crippen molar-refractivity contribution in [2.45, 2.75) is 31.8 Å². The van der Waals surface area contributed by atoms with Gasteiger partial charge in [0.1, 0.15) is 18.1 Å². The summed E-state index contributed by atoms with van der Waals surface area (Å²) in [4.78, 5) is 17.3. The van der Waals surface area contributed by atoms with Gasteiger partial charge in [0, 0.05) is 6.61 Å². The van der Waals surface area contributed by atoms with E-state index in [0.29, 0.717) is 37.8 Å². The Labute approximate surface area is 157 Å². The Hall–Kier alpha value is -2.67. The molecule has 0 radical (unpaired) electrons. The molecule has 0 bridgehead atoms. The first-order chi connectivity index (χ1) is 13.1. The van der Waals surface area contributed by atoms with E-state index < -0.39 is 0 Å². The zero-order valence-electron chi connectivity index (χ0n) is 15.1. The van der Waals surface area contributed by atoms with Crippen LogP contribution in [0.3, 0.4) is 0 Å². The van der Waals surface area contributed by atoms with E-state index in [1.54, 1.807) is 12.1 Å². The summed E-state index contributed by atoms with van der Waals surface area (Å²) in [5.74, 6) is -0.0955. The predicted molar refractivity (Wildman–Crippen MR) is 98.7 cm³/mol. The lowest BCUT2D eigenvalue weighted by Crippen LogP contribution is -2.36. The van der Waals surface area contributed by atoms with Gasteiger partial charge < -0.3 is 20.1 Å². The fourth-order valence-corrected chi connectivity index (χ4v) is 3.32. The summed E-state index contributed by atoms with van der Waals surface area (Å²) in [6.07, 6.45) is 1.26. The maximum atomic E-state index is 13.2. The number of nitrogens with zero attached hydrogens (tertiary/aromatic N) is 1. The van der Waals surface area contributed by atoms with Gasteiger partial charge in [0.05, 0.1) is 24.4 Å². The highest BCUT2D eigenvalue weighted by Crippen LogP contribution is 2.30. The summed E-state index contributed by atoms with van der Waals surface area (Å²) >= 11 is 0. The number of ether oxygens (including phenoxy) is 2. The number of fused-ring (bicyclic) bond motifs is 1. The Kier molecular flexibility index (Phi) is 4.94. The van der Waals surface area contributed by atoms with Gasteiger partial charge in [0.2, 0.25) is 5.88 Å². The van der Waals surface area contributed by atoms with Gasteiger partial charge in [-0.2, -0.15) is 0 Å². The third-order valence-electron chi connectivity index (χ3n) is 4.73. The maximum Gasteiger partial charge on any atom is 0.270 e. The number of anilines is 1. The third kappa shape index (κ3) is 4.03. The van der Waals surface area contributed by atoms with Gasteiger partial charge >= 0.3 is 0 Å². The van der Waals surface area contributed by atoms with Crippen LogP contribution >= 0.6 is 0 Å². The molecule has 1 aromatic carbocycles. The number of pyridine rings is 1. The van der Waals surface area contributed by atoms with E-state index in [0.717, 1.165) is 23.2 Å². The van der Waals surface area contributed by atoms with Crippen molar-refractivity contribution >= 4 is 11.6 Å². The lowest BCUT2D eigenvalue weighted by atomic mass is 10.0. The van der Waals surface area contributed by atoms with Crippen molar-refractivity contribution in [2.75, 3.05) is 25.1 Å². The molecule has 2 aliphatic heterocycles. The summed E-state index contributed by atoms with van der Waals surface area (Å²) in [5.41, 5.74) is 2.77. The molecule has 0 spiro atoms. The highest BCUT2D eigenvalue weighted by molar-refractivity contribution is 5.95. The number of hydrogen-bond acceptors (Lipinski definition) is 5. The van der Waals surface area contributed by atoms with Crippen LogP contribution in [-0.4, -0.2) is 42.8 Å². The Balaban J connectivity index is 1.66. The zero-order chi connectivity index (χ0) is 18.8. The SMILES string of the molecule is C[C@H]1COc2nc(C(=O)N[C@H]3CCOC3)c(Cc3ccc(F)cc3)cc2N1. The quantitative estimate of drug-likeness (QED) is 0.864. The average Bonchev–Trinajstić information content (AvgIpc) is 3.16. The molecule has 6 nitrogen and oxygen atoms in total. The number of rotatable bonds is 4. The van der Waals surface area contributed by atoms with Crippen molar-refractivity contribution in [3.63, 3.8) is 0 Å². The standard InChI is InChI=1S/C20H22FN3O3/c1-12-10-27-20-17(22-12)9-14(8-13-2-4-15(21)5-3-13)18(24-20)19(25)23-16-6-7-26-11-16/h2-5,9,12,16,22H,6-8,10-11H2,1H3,(H,23,25)/t12-,16-/m0/s1. The lowest BCUT2D eigenvalue weighted by molar-refractivity contribution is 0.0922. The monoisotopic (exact) mass is 371 g/mol. The van der Waals surface area contributed by atoms with Crippen LogP contribution in [-0.2, 0) is 11.2 Å². The molecule has 2 aromatic rings. The maximum absolute atomic E-state index is 13.2. The minimum Gasteiger partial charge on any atom is -0.474 e. The van der Waals surface area contributed by atoms with Gasteiger partial charge in [-0.05, 0) is 49.1 Å². The molecule has 2 aliphatic rings. The molecule has 0 unspecified atom stereocenters. The summed E-state index contributed by atoms with van der Waals surface area (Å²) in [5, 5.41) is 6.32. The molecule has 0 aliphatic carbocycles. The van der Waals surface area contributed by atoms with Crippen molar-refractivity contribution in [3.8, 4) is 5.88 Å². The van der Waals surface area contributed by atoms with Gasteiger partial charge in [-0.15, -0.1) is 0 Å². The fourth-order valence-electron chi connectivity index (χ4n) is 3.32. The number of amides is 1. The Bertz CT molecular complexity index is 835. The van der Waals surface area contributed by atoms with Crippen molar-refractivity contribution in [3.05, 3.63) is 53.0 Å². The van der Waals surface area contributed by atoms with Crippen molar-refractivity contribution in [1.29, 1.82) is 0 Å². The van der Waals surface area contributed by atoms with E-state index in [1.807, 2.05) is 13.0 Å². The third-order valence-corrected chi connectivity index (χ3v) is 4.73. The minimum absolute atomic E-state index is 0.00642. The van der Waals surface area contributed by atoms with Crippen LogP contribution < -0.4 is 15.4 Å². The van der Waals surface area contributed by atoms with Gasteiger partial charge in [-0.1, -0.05) is 12.1 Å². The first-order valence-corrected chi connectivity index (χ1v) is 9.15. The van der Waals surface area contributed by atoms with Crippen LogP contribution in [0.1, 0.15) is 35.0 Å². The van der Waals surface area contributed by atoms with E-state index in [1.165, 1.54) is 12.1 Å². The molecule has 3 heterocycles. The largest absolute Gasteiger partial charge is 0.474 e. The number of halogens is 1. The van der Waals surface area contributed by atoms with Gasteiger partial charge in [0.15, 0.2) is 0 Å². The Morgan fingerprint density at radius 3 is 2.89 bits per heavy atom. The second-order valence-electron chi connectivity index (χ2n) is 7.04. The molecule has 1 saturated heterocycles. The second-order valence-corrected chi connectivity index (χ2v) is 7.04. The predicted octanol–water partition coefficient (Wildman–Crippen LogP) is 2.52.